The van der Waals surface area contributed by atoms with Crippen molar-refractivity contribution in [1.29, 1.82) is 0 Å². The van der Waals surface area contributed by atoms with Crippen LogP contribution in [0.3, 0.4) is 0 Å². The highest BCUT2D eigenvalue weighted by Gasteiger charge is 2.18. The minimum absolute atomic E-state index is 0.0879. The average molecular weight is 529 g/mol. The summed E-state index contributed by atoms with van der Waals surface area (Å²) in [5.74, 6) is -2.28. The third-order valence-electron chi connectivity index (χ3n) is 5.06. The summed E-state index contributed by atoms with van der Waals surface area (Å²) in [5, 5.41) is 8.87. The summed E-state index contributed by atoms with van der Waals surface area (Å²) in [6.45, 7) is 9.77. The molecule has 11 heteroatoms. The van der Waals surface area contributed by atoms with Crippen LogP contribution in [-0.4, -0.2) is 23.5 Å². The number of pyridine rings is 2. The molecule has 0 saturated heterocycles. The Bertz CT molecular complexity index is 1180. The predicted octanol–water partition coefficient (Wildman–Crippen LogP) is 5.73. The van der Waals surface area contributed by atoms with Crippen molar-refractivity contribution in [3.63, 3.8) is 0 Å². The molecule has 0 fully saturated rings. The molecule has 0 bridgehead atoms. The third kappa shape index (κ3) is 7.42. The Balaban J connectivity index is 0.000000341. The van der Waals surface area contributed by atoms with Crippen molar-refractivity contribution in [1.82, 2.24) is 9.97 Å². The van der Waals surface area contributed by atoms with Crippen LogP contribution in [0.5, 0.6) is 5.88 Å². The van der Waals surface area contributed by atoms with Crippen molar-refractivity contribution in [2.24, 2.45) is 5.14 Å². The molecular formula is C24H31F3N4O2S2. The van der Waals surface area contributed by atoms with E-state index in [9.17, 15) is 18.0 Å². The van der Waals surface area contributed by atoms with Gasteiger partial charge in [-0.2, -0.15) is 4.98 Å². The maximum Gasteiger partial charge on any atom is 0.215 e. The lowest BCUT2D eigenvalue weighted by molar-refractivity contribution is -0.105. The lowest BCUT2D eigenvalue weighted by Crippen LogP contribution is -2.09. The molecule has 3 rings (SSSR count). The van der Waals surface area contributed by atoms with Crippen molar-refractivity contribution >= 4 is 44.0 Å². The van der Waals surface area contributed by atoms with E-state index < -0.39 is 27.1 Å². The number of carbonyl (C=O) groups is 1. The summed E-state index contributed by atoms with van der Waals surface area (Å²) in [5.41, 5.74) is 2.16. The Hall–Kier alpha value is -2.63. The SMILES string of the molecule is CC.CCC(C)c1c(NC=O)cnc2nc(OC)ccc12.CCc1c(F)cc(S(N)=S)c(F)c1F. The van der Waals surface area contributed by atoms with E-state index in [1.807, 2.05) is 19.9 Å². The molecule has 2 heterocycles. The van der Waals surface area contributed by atoms with Crippen LogP contribution < -0.4 is 15.2 Å². The molecule has 1 aromatic carbocycles. The van der Waals surface area contributed by atoms with Crippen molar-refractivity contribution in [3.8, 4) is 5.88 Å². The largest absolute Gasteiger partial charge is 0.481 e. The van der Waals surface area contributed by atoms with E-state index in [2.05, 4.69) is 40.3 Å². The maximum atomic E-state index is 13.2. The molecule has 3 N–H and O–H groups in total. The number of rotatable bonds is 7. The first-order valence-electron chi connectivity index (χ1n) is 11.1. The van der Waals surface area contributed by atoms with Crippen LogP contribution in [0.15, 0.2) is 29.3 Å². The summed E-state index contributed by atoms with van der Waals surface area (Å²) >= 11 is 4.56. The number of carbonyl (C=O) groups excluding carboxylic acids is 1. The van der Waals surface area contributed by atoms with Gasteiger partial charge in [0, 0.05) is 17.0 Å². The van der Waals surface area contributed by atoms with Crippen LogP contribution in [0, 0.1) is 17.5 Å². The minimum Gasteiger partial charge on any atom is -0.481 e. The fraction of sp³-hybridized carbons (Fsp3) is 0.375. The molecule has 2 atom stereocenters. The number of nitrogens with zero attached hydrogens (tertiary/aromatic N) is 2. The number of aromatic nitrogens is 2. The number of methoxy groups -OCH3 is 1. The van der Waals surface area contributed by atoms with E-state index in [-0.39, 0.29) is 16.9 Å². The van der Waals surface area contributed by atoms with Gasteiger partial charge in [-0.1, -0.05) is 34.6 Å². The van der Waals surface area contributed by atoms with Gasteiger partial charge in [-0.05, 0) is 57.3 Å². The predicted molar refractivity (Wildman–Crippen MR) is 139 cm³/mol. The first kappa shape index (κ1) is 30.4. The molecule has 192 valence electrons. The second kappa shape index (κ2) is 14.7. The Morgan fingerprint density at radius 2 is 1.89 bits per heavy atom. The molecule has 6 nitrogen and oxygen atoms in total. The number of fused-ring (bicyclic) bond motifs is 1. The summed E-state index contributed by atoms with van der Waals surface area (Å²) < 4.78 is 44.6. The van der Waals surface area contributed by atoms with Gasteiger partial charge in [0.25, 0.3) is 0 Å². The van der Waals surface area contributed by atoms with Gasteiger partial charge < -0.3 is 10.1 Å². The number of hydrogen-bond donors (Lipinski definition) is 2. The topological polar surface area (TPSA) is 90.1 Å². The lowest BCUT2D eigenvalue weighted by Gasteiger charge is -2.16. The third-order valence-corrected chi connectivity index (χ3v) is 6.33. The number of nitrogens with one attached hydrogen (secondary N) is 1. The molecule has 0 radical (unpaired) electrons. The summed E-state index contributed by atoms with van der Waals surface area (Å²) in [7, 11) is 0.182. The van der Waals surface area contributed by atoms with Gasteiger partial charge in [0.05, 0.1) is 23.9 Å². The van der Waals surface area contributed by atoms with E-state index >= 15 is 0 Å². The second-order valence-corrected chi connectivity index (χ2v) is 9.11. The number of benzene rings is 1. The number of hydrogen-bond acceptors (Lipinski definition) is 5. The molecule has 2 unspecified atom stereocenters. The maximum absolute atomic E-state index is 13.2. The molecular weight excluding hydrogens is 497 g/mol. The van der Waals surface area contributed by atoms with Gasteiger partial charge in [0.2, 0.25) is 12.3 Å². The van der Waals surface area contributed by atoms with E-state index in [1.54, 1.807) is 19.4 Å². The molecule has 35 heavy (non-hydrogen) atoms. The van der Waals surface area contributed by atoms with Gasteiger partial charge in [-0.3, -0.25) is 9.93 Å². The van der Waals surface area contributed by atoms with E-state index in [0.717, 1.165) is 29.1 Å². The Morgan fingerprint density at radius 1 is 1.23 bits per heavy atom. The number of anilines is 1. The van der Waals surface area contributed by atoms with Gasteiger partial charge in [-0.25, -0.2) is 18.2 Å². The monoisotopic (exact) mass is 528 g/mol. The lowest BCUT2D eigenvalue weighted by atomic mass is 9.94. The minimum atomic E-state index is -1.39. The highest BCUT2D eigenvalue weighted by molar-refractivity contribution is 8.27. The fourth-order valence-electron chi connectivity index (χ4n) is 3.19. The van der Waals surface area contributed by atoms with Crippen molar-refractivity contribution in [2.75, 3.05) is 12.4 Å². The number of amides is 1. The van der Waals surface area contributed by atoms with Crippen LogP contribution in [0.1, 0.15) is 58.1 Å². The van der Waals surface area contributed by atoms with Crippen LogP contribution in [0.25, 0.3) is 11.0 Å². The smallest absolute Gasteiger partial charge is 0.215 e. The van der Waals surface area contributed by atoms with E-state index in [0.29, 0.717) is 23.9 Å². The zero-order valence-electron chi connectivity index (χ0n) is 20.6. The fourth-order valence-corrected chi connectivity index (χ4v) is 4.04. The van der Waals surface area contributed by atoms with Crippen LogP contribution >= 0.6 is 0 Å². The molecule has 2 aromatic heterocycles. The van der Waals surface area contributed by atoms with Gasteiger partial charge in [0.1, 0.15) is 5.82 Å². The first-order valence-corrected chi connectivity index (χ1v) is 13.3. The summed E-state index contributed by atoms with van der Waals surface area (Å²) in [6, 6.07) is 4.61. The quantitative estimate of drug-likeness (QED) is 0.301. The van der Waals surface area contributed by atoms with Crippen LogP contribution in [0.2, 0.25) is 0 Å². The number of nitrogens with two attached hydrogens (primary N) is 1. The Morgan fingerprint density at radius 3 is 2.40 bits per heavy atom. The molecule has 1 amide bonds. The normalized spacial score (nSPS) is 11.9. The zero-order chi connectivity index (χ0) is 26.7. The highest BCUT2D eigenvalue weighted by atomic mass is 32.8. The summed E-state index contributed by atoms with van der Waals surface area (Å²) in [4.78, 5) is 19.0. The van der Waals surface area contributed by atoms with Crippen molar-refractivity contribution in [3.05, 3.63) is 53.0 Å². The van der Waals surface area contributed by atoms with Crippen LogP contribution in [0.4, 0.5) is 18.9 Å². The summed E-state index contributed by atoms with van der Waals surface area (Å²) in [6.07, 6.45) is 3.37. The van der Waals surface area contributed by atoms with E-state index in [4.69, 9.17) is 9.88 Å². The molecule has 0 saturated carbocycles. The first-order chi connectivity index (χ1) is 16.7. The van der Waals surface area contributed by atoms with E-state index in [1.165, 1.54) is 6.92 Å². The second-order valence-electron chi connectivity index (χ2n) is 7.00. The van der Waals surface area contributed by atoms with Crippen LogP contribution in [-0.2, 0) is 32.0 Å². The standard InChI is InChI=1S/C14H17N3O2.C8H8F3NS2.C2H6/c1-4-9(2)13-10-5-6-12(19-3)17-14(10)15-7-11(13)16-8-18;1-2-4-5(9)3-6(14(12)13)8(11)7(4)10;1-2/h5-9H,4H2,1-3H3,(H,16,18);3H,2,12H2,1H3;1-2H3. The van der Waals surface area contributed by atoms with Gasteiger partial charge >= 0.3 is 0 Å². The molecule has 0 aliphatic rings. The number of ether oxygens (including phenoxy) is 1. The van der Waals surface area contributed by atoms with Gasteiger partial charge in [-0.15, -0.1) is 0 Å². The molecule has 0 aliphatic heterocycles. The van der Waals surface area contributed by atoms with Crippen molar-refractivity contribution in [2.45, 2.75) is 58.3 Å². The highest BCUT2D eigenvalue weighted by Crippen LogP contribution is 2.33. The molecule has 0 aliphatic carbocycles. The molecule has 0 spiro atoms. The Labute approximate surface area is 211 Å². The average Bonchev–Trinajstić information content (AvgIpc) is 2.87. The Kier molecular flexibility index (Phi) is 12.8. The zero-order valence-corrected chi connectivity index (χ0v) is 22.2. The molecule has 3 aromatic rings. The van der Waals surface area contributed by atoms with Crippen molar-refractivity contribution < 1.29 is 22.7 Å². The number of halogens is 3. The van der Waals surface area contributed by atoms with Gasteiger partial charge in [0.15, 0.2) is 17.3 Å².